The van der Waals surface area contributed by atoms with Crippen LogP contribution in [0.2, 0.25) is 0 Å². The second kappa shape index (κ2) is 7.18. The van der Waals surface area contributed by atoms with Crippen LogP contribution in [0.5, 0.6) is 5.75 Å². The second-order valence-corrected chi connectivity index (χ2v) is 7.57. The number of hydrogen-bond acceptors (Lipinski definition) is 4. The van der Waals surface area contributed by atoms with Crippen LogP contribution in [0.25, 0.3) is 0 Å². The second-order valence-electron chi connectivity index (χ2n) is 4.90. The molecule has 0 aromatic heterocycles. The molecule has 2 aromatic rings. The van der Waals surface area contributed by atoms with Crippen LogP contribution >= 0.6 is 15.9 Å². The molecule has 0 aliphatic carbocycles. The van der Waals surface area contributed by atoms with Gasteiger partial charge in [-0.25, -0.2) is 12.8 Å². The van der Waals surface area contributed by atoms with Crippen LogP contribution in [0, 0.1) is 5.82 Å². The minimum absolute atomic E-state index is 0.138. The maximum Gasteiger partial charge on any atom is 0.255 e. The third-order valence-electron chi connectivity index (χ3n) is 2.88. The first kappa shape index (κ1) is 18.2. The summed E-state index contributed by atoms with van der Waals surface area (Å²) in [4.78, 5) is 12.2. The number of benzene rings is 2. The van der Waals surface area contributed by atoms with Crippen molar-refractivity contribution in [3.63, 3.8) is 0 Å². The number of anilines is 2. The Bertz CT molecular complexity index is 867. The minimum Gasteiger partial charge on any atom is -0.494 e. The standard InChI is InChI=1S/C15H14BrFN2O4S/c1-23-14-8-12(3-4-13(14)19-24(2,21)22)18-15(20)9-5-10(16)7-11(17)6-9/h3-8,19H,1-2H3,(H,18,20). The number of sulfonamides is 1. The molecule has 0 fully saturated rings. The van der Waals surface area contributed by atoms with E-state index in [-0.39, 0.29) is 17.0 Å². The first-order valence-electron chi connectivity index (χ1n) is 6.61. The van der Waals surface area contributed by atoms with E-state index in [4.69, 9.17) is 4.74 Å². The smallest absolute Gasteiger partial charge is 0.255 e. The molecular weight excluding hydrogens is 403 g/mol. The summed E-state index contributed by atoms with van der Waals surface area (Å²) in [6.45, 7) is 0. The lowest BCUT2D eigenvalue weighted by atomic mass is 10.2. The summed E-state index contributed by atoms with van der Waals surface area (Å²) < 4.78 is 43.8. The van der Waals surface area contributed by atoms with Crippen LogP contribution in [0.3, 0.4) is 0 Å². The Hall–Kier alpha value is -2.13. The lowest BCUT2D eigenvalue weighted by Gasteiger charge is -2.12. The van der Waals surface area contributed by atoms with E-state index in [1.165, 1.54) is 37.4 Å². The zero-order valence-corrected chi connectivity index (χ0v) is 15.2. The first-order chi connectivity index (χ1) is 11.2. The zero-order valence-electron chi connectivity index (χ0n) is 12.8. The molecule has 2 rings (SSSR count). The number of carbonyl (C=O) groups excluding carboxylic acids is 1. The molecule has 2 N–H and O–H groups in total. The number of amides is 1. The molecule has 0 heterocycles. The number of rotatable bonds is 5. The van der Waals surface area contributed by atoms with Crippen LogP contribution in [0.4, 0.5) is 15.8 Å². The molecule has 0 aliphatic rings. The zero-order chi connectivity index (χ0) is 17.9. The predicted octanol–water partition coefficient (Wildman–Crippen LogP) is 3.22. The average Bonchev–Trinajstić information content (AvgIpc) is 2.46. The van der Waals surface area contributed by atoms with Crippen LogP contribution in [-0.4, -0.2) is 27.7 Å². The molecule has 128 valence electrons. The molecule has 0 atom stereocenters. The fraction of sp³-hybridized carbons (Fsp3) is 0.133. The van der Waals surface area contributed by atoms with Crippen LogP contribution in [0.1, 0.15) is 10.4 Å². The molecule has 0 unspecified atom stereocenters. The van der Waals surface area contributed by atoms with Crippen LogP contribution < -0.4 is 14.8 Å². The lowest BCUT2D eigenvalue weighted by Crippen LogP contribution is -2.13. The highest BCUT2D eigenvalue weighted by Crippen LogP contribution is 2.29. The van der Waals surface area contributed by atoms with E-state index in [0.29, 0.717) is 10.2 Å². The van der Waals surface area contributed by atoms with Gasteiger partial charge in [0.15, 0.2) is 0 Å². The fourth-order valence-electron chi connectivity index (χ4n) is 1.94. The van der Waals surface area contributed by atoms with Gasteiger partial charge >= 0.3 is 0 Å². The van der Waals surface area contributed by atoms with Crippen LogP contribution in [-0.2, 0) is 10.0 Å². The molecule has 0 saturated carbocycles. The highest BCUT2D eigenvalue weighted by Gasteiger charge is 2.12. The van der Waals surface area contributed by atoms with Gasteiger partial charge in [-0.15, -0.1) is 0 Å². The van der Waals surface area contributed by atoms with Gasteiger partial charge in [-0.1, -0.05) is 15.9 Å². The van der Waals surface area contributed by atoms with E-state index in [1.807, 2.05) is 0 Å². The lowest BCUT2D eigenvalue weighted by molar-refractivity contribution is 0.102. The van der Waals surface area contributed by atoms with Gasteiger partial charge in [0.2, 0.25) is 10.0 Å². The van der Waals surface area contributed by atoms with Crippen molar-refractivity contribution in [2.45, 2.75) is 0 Å². The molecule has 9 heteroatoms. The summed E-state index contributed by atoms with van der Waals surface area (Å²) in [6.07, 6.45) is 1.02. The third kappa shape index (κ3) is 4.93. The molecule has 1 amide bonds. The van der Waals surface area contributed by atoms with Gasteiger partial charge in [0.1, 0.15) is 11.6 Å². The first-order valence-corrected chi connectivity index (χ1v) is 9.29. The van der Waals surface area contributed by atoms with Gasteiger partial charge in [-0.2, -0.15) is 0 Å². The van der Waals surface area contributed by atoms with E-state index < -0.39 is 21.7 Å². The Morgan fingerprint density at radius 2 is 1.92 bits per heavy atom. The molecule has 24 heavy (non-hydrogen) atoms. The average molecular weight is 417 g/mol. The van der Waals surface area contributed by atoms with Gasteiger partial charge in [0.05, 0.1) is 19.1 Å². The molecule has 0 bridgehead atoms. The molecule has 6 nitrogen and oxygen atoms in total. The molecule has 2 aromatic carbocycles. The molecule has 0 spiro atoms. The van der Waals surface area contributed by atoms with Gasteiger partial charge < -0.3 is 10.1 Å². The van der Waals surface area contributed by atoms with Crippen LogP contribution in [0.15, 0.2) is 40.9 Å². The van der Waals surface area contributed by atoms with Gasteiger partial charge in [-0.05, 0) is 30.3 Å². The summed E-state index contributed by atoms with van der Waals surface area (Å²) in [5.74, 6) is -0.820. The van der Waals surface area contributed by atoms with E-state index in [9.17, 15) is 17.6 Å². The van der Waals surface area contributed by atoms with Gasteiger partial charge in [0.25, 0.3) is 5.91 Å². The summed E-state index contributed by atoms with van der Waals surface area (Å²) >= 11 is 3.12. The van der Waals surface area contributed by atoms with E-state index in [2.05, 4.69) is 26.0 Å². The molecule has 0 radical (unpaired) electrons. The van der Waals surface area contributed by atoms with Gasteiger partial charge in [0, 0.05) is 21.8 Å². The number of methoxy groups -OCH3 is 1. The SMILES string of the molecule is COc1cc(NC(=O)c2cc(F)cc(Br)c2)ccc1NS(C)(=O)=O. The number of carbonyl (C=O) groups is 1. The Morgan fingerprint density at radius 1 is 1.21 bits per heavy atom. The summed E-state index contributed by atoms with van der Waals surface area (Å²) in [5.41, 5.74) is 0.752. The van der Waals surface area contributed by atoms with E-state index >= 15 is 0 Å². The maximum absolute atomic E-state index is 13.4. The number of hydrogen-bond donors (Lipinski definition) is 2. The monoisotopic (exact) mass is 416 g/mol. The normalized spacial score (nSPS) is 11.0. The third-order valence-corrected chi connectivity index (χ3v) is 3.93. The number of nitrogens with one attached hydrogen (secondary N) is 2. The maximum atomic E-state index is 13.4. The Labute approximate surface area is 147 Å². The minimum atomic E-state index is -3.46. The molecular formula is C15H14BrFN2O4S. The highest BCUT2D eigenvalue weighted by atomic mass is 79.9. The summed E-state index contributed by atoms with van der Waals surface area (Å²) in [7, 11) is -2.09. The van der Waals surface area contributed by atoms with Crippen molar-refractivity contribution < 1.29 is 22.3 Å². The van der Waals surface area contributed by atoms with Crippen molar-refractivity contribution in [1.29, 1.82) is 0 Å². The topological polar surface area (TPSA) is 84.5 Å². The molecule has 0 saturated heterocycles. The van der Waals surface area contributed by atoms with E-state index in [1.54, 1.807) is 0 Å². The summed E-state index contributed by atoms with van der Waals surface area (Å²) in [6, 6.07) is 8.25. The highest BCUT2D eigenvalue weighted by molar-refractivity contribution is 9.10. The van der Waals surface area contributed by atoms with E-state index in [0.717, 1.165) is 12.3 Å². The fourth-order valence-corrected chi connectivity index (χ4v) is 2.97. The largest absolute Gasteiger partial charge is 0.494 e. The van der Waals surface area contributed by atoms with Crippen molar-refractivity contribution in [3.05, 3.63) is 52.3 Å². The van der Waals surface area contributed by atoms with Crippen molar-refractivity contribution in [3.8, 4) is 5.75 Å². The Morgan fingerprint density at radius 3 is 2.50 bits per heavy atom. The number of halogens is 2. The van der Waals surface area contributed by atoms with Crippen molar-refractivity contribution in [1.82, 2.24) is 0 Å². The predicted molar refractivity (Wildman–Crippen MR) is 93.5 cm³/mol. The quantitative estimate of drug-likeness (QED) is 0.783. The Balaban J connectivity index is 2.25. The van der Waals surface area contributed by atoms with Crippen molar-refractivity contribution in [2.75, 3.05) is 23.4 Å². The molecule has 0 aliphatic heterocycles. The van der Waals surface area contributed by atoms with Crippen molar-refractivity contribution >= 4 is 43.2 Å². The number of ether oxygens (including phenoxy) is 1. The van der Waals surface area contributed by atoms with Crippen molar-refractivity contribution in [2.24, 2.45) is 0 Å². The Kier molecular flexibility index (Phi) is 5.45. The van der Waals surface area contributed by atoms with Gasteiger partial charge in [-0.3, -0.25) is 9.52 Å². The summed E-state index contributed by atoms with van der Waals surface area (Å²) in [5, 5.41) is 2.59.